The zero-order valence-corrected chi connectivity index (χ0v) is 13.1. The Morgan fingerprint density at radius 1 is 1.05 bits per heavy atom. The van der Waals surface area contributed by atoms with E-state index in [0.29, 0.717) is 22.6 Å². The van der Waals surface area contributed by atoms with E-state index in [1.165, 1.54) is 44.9 Å². The molecule has 0 aromatic carbocycles. The second-order valence-corrected chi connectivity index (χ2v) is 8.50. The monoisotopic (exact) mass is 325 g/mol. The van der Waals surface area contributed by atoms with Crippen LogP contribution in [0, 0.1) is 35.5 Å². The summed E-state index contributed by atoms with van der Waals surface area (Å²) in [6.45, 7) is 0.903. The number of carbonyl (C=O) groups is 1. The number of halogens is 1. The highest BCUT2D eigenvalue weighted by Gasteiger charge is 2.67. The molecule has 0 aromatic rings. The first-order valence-corrected chi connectivity index (χ1v) is 9.09. The third-order valence-electron chi connectivity index (χ3n) is 6.39. The predicted octanol–water partition coefficient (Wildman–Crippen LogP) is 3.35. The van der Waals surface area contributed by atoms with E-state index in [0.717, 1.165) is 30.2 Å². The number of fused-ring (bicyclic) bond motifs is 5. The maximum atomic E-state index is 12.4. The number of amides is 1. The number of carbonyl (C=O) groups excluding carboxylic acids is 1. The minimum absolute atomic E-state index is 0.386. The number of alkyl halides is 1. The molecule has 106 valence electrons. The third-order valence-corrected chi connectivity index (χ3v) is 7.60. The second kappa shape index (κ2) is 4.75. The zero-order chi connectivity index (χ0) is 13.0. The first-order chi connectivity index (χ1) is 9.25. The molecule has 4 fully saturated rings. The average molecular weight is 326 g/mol. The first kappa shape index (κ1) is 12.7. The van der Waals surface area contributed by atoms with Gasteiger partial charge < -0.3 is 5.32 Å². The van der Waals surface area contributed by atoms with Crippen LogP contribution >= 0.6 is 15.9 Å². The minimum Gasteiger partial charge on any atom is -0.356 e. The molecule has 1 N–H and O–H groups in total. The highest BCUT2D eigenvalue weighted by Crippen LogP contribution is 2.69. The van der Waals surface area contributed by atoms with Crippen LogP contribution in [0.1, 0.15) is 44.9 Å². The van der Waals surface area contributed by atoms with E-state index in [1.807, 2.05) is 0 Å². The summed E-state index contributed by atoms with van der Waals surface area (Å²) in [6, 6.07) is 0. The van der Waals surface area contributed by atoms with Crippen LogP contribution in [0.15, 0.2) is 0 Å². The Morgan fingerprint density at radius 3 is 2.42 bits per heavy atom. The third kappa shape index (κ3) is 2.07. The van der Waals surface area contributed by atoms with Crippen molar-refractivity contribution in [1.29, 1.82) is 0 Å². The summed E-state index contributed by atoms with van der Waals surface area (Å²) < 4.78 is 0. The van der Waals surface area contributed by atoms with Gasteiger partial charge in [-0.25, -0.2) is 0 Å². The molecule has 3 heteroatoms. The highest BCUT2D eigenvalue weighted by molar-refractivity contribution is 9.09. The molecule has 4 rings (SSSR count). The van der Waals surface area contributed by atoms with E-state index >= 15 is 0 Å². The Labute approximate surface area is 124 Å². The Kier molecular flexibility index (Phi) is 3.17. The molecule has 0 heterocycles. The summed E-state index contributed by atoms with van der Waals surface area (Å²) in [4.78, 5) is 13.0. The van der Waals surface area contributed by atoms with Gasteiger partial charge in [0, 0.05) is 17.3 Å². The largest absolute Gasteiger partial charge is 0.356 e. The summed E-state index contributed by atoms with van der Waals surface area (Å²) in [6.07, 6.45) is 9.48. The van der Waals surface area contributed by atoms with E-state index in [4.69, 9.17) is 0 Å². The fraction of sp³-hybridized carbons (Fsp3) is 0.938. The fourth-order valence-corrected chi connectivity index (χ4v) is 6.19. The molecule has 0 radical (unpaired) electrons. The van der Waals surface area contributed by atoms with Crippen LogP contribution in [0.3, 0.4) is 0 Å². The molecule has 1 amide bonds. The van der Waals surface area contributed by atoms with Crippen LogP contribution < -0.4 is 5.32 Å². The molecule has 4 aliphatic rings. The lowest BCUT2D eigenvalue weighted by Gasteiger charge is -2.27. The standard InChI is InChI=1S/C16H24BrNO/c17-12-4-2-1-3-11(12)8-18-16(19)15-13-9-5-6-10(7-9)14(13)15/h9-15H,1-8H2,(H,18,19). The van der Waals surface area contributed by atoms with E-state index < -0.39 is 0 Å². The summed E-state index contributed by atoms with van der Waals surface area (Å²) in [5, 5.41) is 3.27. The van der Waals surface area contributed by atoms with Crippen LogP contribution in [0.25, 0.3) is 0 Å². The Morgan fingerprint density at radius 2 is 1.74 bits per heavy atom. The predicted molar refractivity (Wildman–Crippen MR) is 79.0 cm³/mol. The van der Waals surface area contributed by atoms with Crippen LogP contribution in [0.4, 0.5) is 0 Å². The Bertz CT molecular complexity index is 369. The molecule has 4 saturated carbocycles. The molecule has 2 nitrogen and oxygen atoms in total. The molecule has 0 spiro atoms. The van der Waals surface area contributed by atoms with Gasteiger partial charge in [0.15, 0.2) is 0 Å². The smallest absolute Gasteiger partial charge is 0.223 e. The Balaban J connectivity index is 1.29. The van der Waals surface area contributed by atoms with Gasteiger partial charge in [-0.1, -0.05) is 28.8 Å². The topological polar surface area (TPSA) is 29.1 Å². The molecule has 4 aliphatic carbocycles. The summed E-state index contributed by atoms with van der Waals surface area (Å²) >= 11 is 3.78. The number of nitrogens with one attached hydrogen (secondary N) is 1. The molecule has 6 unspecified atom stereocenters. The zero-order valence-electron chi connectivity index (χ0n) is 11.5. The molecule has 0 aromatic heterocycles. The van der Waals surface area contributed by atoms with E-state index in [-0.39, 0.29) is 0 Å². The van der Waals surface area contributed by atoms with Crippen LogP contribution in [0.2, 0.25) is 0 Å². The number of hydrogen-bond donors (Lipinski definition) is 1. The lowest BCUT2D eigenvalue weighted by atomic mass is 9.89. The van der Waals surface area contributed by atoms with Crippen LogP contribution in [-0.4, -0.2) is 17.3 Å². The molecule has 2 bridgehead atoms. The van der Waals surface area contributed by atoms with Crippen molar-refractivity contribution in [2.45, 2.75) is 49.8 Å². The molecule has 6 atom stereocenters. The average Bonchev–Trinajstić information content (AvgIpc) is 2.86. The van der Waals surface area contributed by atoms with Crippen molar-refractivity contribution in [3.8, 4) is 0 Å². The van der Waals surface area contributed by atoms with Crippen molar-refractivity contribution in [3.63, 3.8) is 0 Å². The molecular formula is C16H24BrNO. The maximum Gasteiger partial charge on any atom is 0.223 e. The van der Waals surface area contributed by atoms with Crippen LogP contribution in [0.5, 0.6) is 0 Å². The summed E-state index contributed by atoms with van der Waals surface area (Å²) in [5.74, 6) is 4.83. The highest BCUT2D eigenvalue weighted by atomic mass is 79.9. The van der Waals surface area contributed by atoms with Gasteiger partial charge in [0.05, 0.1) is 0 Å². The second-order valence-electron chi connectivity index (χ2n) is 7.32. The van der Waals surface area contributed by atoms with E-state index in [9.17, 15) is 4.79 Å². The summed E-state index contributed by atoms with van der Waals surface area (Å²) in [5.41, 5.74) is 0. The van der Waals surface area contributed by atoms with Gasteiger partial charge in [0.1, 0.15) is 0 Å². The van der Waals surface area contributed by atoms with Crippen molar-refractivity contribution < 1.29 is 4.79 Å². The van der Waals surface area contributed by atoms with Crippen molar-refractivity contribution in [3.05, 3.63) is 0 Å². The lowest BCUT2D eigenvalue weighted by molar-refractivity contribution is -0.123. The SMILES string of the molecule is O=C(NCC1CCCCC1Br)C1C2C3CCC(C3)C12. The van der Waals surface area contributed by atoms with E-state index in [2.05, 4.69) is 21.2 Å². The van der Waals surface area contributed by atoms with Gasteiger partial charge in [0.25, 0.3) is 0 Å². The molecule has 19 heavy (non-hydrogen) atoms. The molecule has 0 saturated heterocycles. The lowest BCUT2D eigenvalue weighted by Crippen LogP contribution is -2.36. The van der Waals surface area contributed by atoms with Crippen molar-refractivity contribution in [2.75, 3.05) is 6.54 Å². The van der Waals surface area contributed by atoms with Crippen molar-refractivity contribution in [2.24, 2.45) is 35.5 Å². The summed E-state index contributed by atoms with van der Waals surface area (Å²) in [7, 11) is 0. The normalized spacial score (nSPS) is 50.9. The van der Waals surface area contributed by atoms with Crippen LogP contribution in [-0.2, 0) is 4.79 Å². The van der Waals surface area contributed by atoms with Gasteiger partial charge in [-0.05, 0) is 61.7 Å². The van der Waals surface area contributed by atoms with Gasteiger partial charge in [0.2, 0.25) is 5.91 Å². The maximum absolute atomic E-state index is 12.4. The van der Waals surface area contributed by atoms with Gasteiger partial charge >= 0.3 is 0 Å². The van der Waals surface area contributed by atoms with Crippen molar-refractivity contribution in [1.82, 2.24) is 5.32 Å². The Hall–Kier alpha value is -0.0500. The molecule has 0 aliphatic heterocycles. The fourth-order valence-electron chi connectivity index (χ4n) is 5.42. The van der Waals surface area contributed by atoms with Crippen molar-refractivity contribution >= 4 is 21.8 Å². The first-order valence-electron chi connectivity index (χ1n) is 8.17. The van der Waals surface area contributed by atoms with Gasteiger partial charge in [-0.3, -0.25) is 4.79 Å². The van der Waals surface area contributed by atoms with Gasteiger partial charge in [-0.15, -0.1) is 0 Å². The quantitative estimate of drug-likeness (QED) is 0.792. The van der Waals surface area contributed by atoms with E-state index in [1.54, 1.807) is 0 Å². The number of hydrogen-bond acceptors (Lipinski definition) is 1. The van der Waals surface area contributed by atoms with Gasteiger partial charge in [-0.2, -0.15) is 0 Å². The number of rotatable bonds is 3. The minimum atomic E-state index is 0.386. The molecular weight excluding hydrogens is 302 g/mol.